The molecule has 29 heavy (non-hydrogen) atoms. The molecule has 0 heterocycles. The standard InChI is InChI=1S/C21H29N3O3S.HI/c1-15-7-6-8-16(2)20(15)27-12-11-23-21(22-4)24-14-18-9-10-19(17(3)13-18)28(5,25)26;/h6-10,13H,11-12,14H2,1-5H3,(H2,22,23,24);1H. The Morgan fingerprint density at radius 1 is 1.03 bits per heavy atom. The predicted molar refractivity (Wildman–Crippen MR) is 129 cm³/mol. The number of aliphatic imine (C=N–C) groups is 1. The number of benzene rings is 2. The highest BCUT2D eigenvalue weighted by Gasteiger charge is 2.11. The van der Waals surface area contributed by atoms with E-state index >= 15 is 0 Å². The van der Waals surface area contributed by atoms with E-state index in [-0.39, 0.29) is 24.0 Å². The minimum atomic E-state index is -3.20. The second-order valence-electron chi connectivity index (χ2n) is 6.79. The smallest absolute Gasteiger partial charge is 0.191 e. The van der Waals surface area contributed by atoms with Gasteiger partial charge >= 0.3 is 0 Å². The van der Waals surface area contributed by atoms with E-state index in [1.165, 1.54) is 6.26 Å². The molecule has 2 aromatic carbocycles. The second kappa shape index (κ2) is 11.4. The van der Waals surface area contributed by atoms with Crippen LogP contribution in [0.5, 0.6) is 5.75 Å². The number of para-hydroxylation sites is 1. The fourth-order valence-corrected chi connectivity index (χ4v) is 3.95. The number of nitrogens with zero attached hydrogens (tertiary/aromatic N) is 1. The molecule has 0 aliphatic rings. The molecule has 0 aromatic heterocycles. The van der Waals surface area contributed by atoms with E-state index in [1.54, 1.807) is 20.0 Å². The minimum absolute atomic E-state index is 0. The van der Waals surface area contributed by atoms with Crippen LogP contribution in [0.4, 0.5) is 0 Å². The molecule has 0 fully saturated rings. The number of halogens is 1. The molecule has 6 nitrogen and oxygen atoms in total. The van der Waals surface area contributed by atoms with E-state index in [0.29, 0.717) is 30.6 Å². The van der Waals surface area contributed by atoms with Crippen LogP contribution in [0.3, 0.4) is 0 Å². The Balaban J connectivity index is 0.00000420. The largest absolute Gasteiger partial charge is 0.491 e. The summed E-state index contributed by atoms with van der Waals surface area (Å²) in [6, 6.07) is 11.4. The van der Waals surface area contributed by atoms with Gasteiger partial charge in [0.2, 0.25) is 0 Å². The average molecular weight is 531 g/mol. The maximum Gasteiger partial charge on any atom is 0.191 e. The van der Waals surface area contributed by atoms with Crippen molar-refractivity contribution < 1.29 is 13.2 Å². The molecular formula is C21H30IN3O3S. The summed E-state index contributed by atoms with van der Waals surface area (Å²) in [7, 11) is -1.49. The van der Waals surface area contributed by atoms with E-state index in [2.05, 4.69) is 15.6 Å². The summed E-state index contributed by atoms with van der Waals surface area (Å²) in [5.41, 5.74) is 3.97. The average Bonchev–Trinajstić information content (AvgIpc) is 2.62. The van der Waals surface area contributed by atoms with Crippen molar-refractivity contribution in [3.63, 3.8) is 0 Å². The number of guanidine groups is 1. The Labute approximate surface area is 191 Å². The first-order chi connectivity index (χ1) is 13.2. The van der Waals surface area contributed by atoms with Crippen LogP contribution in [0.1, 0.15) is 22.3 Å². The fourth-order valence-electron chi connectivity index (χ4n) is 2.99. The van der Waals surface area contributed by atoms with Gasteiger partial charge in [0, 0.05) is 19.8 Å². The Kier molecular flexibility index (Phi) is 9.91. The van der Waals surface area contributed by atoms with Crippen molar-refractivity contribution in [1.82, 2.24) is 10.6 Å². The third kappa shape index (κ3) is 7.50. The summed E-state index contributed by atoms with van der Waals surface area (Å²) < 4.78 is 29.3. The van der Waals surface area contributed by atoms with Crippen LogP contribution in [0.2, 0.25) is 0 Å². The number of sulfone groups is 1. The van der Waals surface area contributed by atoms with Gasteiger partial charge in [-0.3, -0.25) is 4.99 Å². The first-order valence-electron chi connectivity index (χ1n) is 9.15. The number of aryl methyl sites for hydroxylation is 3. The zero-order valence-electron chi connectivity index (χ0n) is 17.6. The van der Waals surface area contributed by atoms with E-state index in [9.17, 15) is 8.42 Å². The van der Waals surface area contributed by atoms with E-state index < -0.39 is 9.84 Å². The molecule has 0 radical (unpaired) electrons. The third-order valence-electron chi connectivity index (χ3n) is 4.37. The van der Waals surface area contributed by atoms with Gasteiger partial charge in [-0.05, 0) is 49.1 Å². The number of hydrogen-bond acceptors (Lipinski definition) is 4. The van der Waals surface area contributed by atoms with Gasteiger partial charge < -0.3 is 15.4 Å². The van der Waals surface area contributed by atoms with Gasteiger partial charge in [0.25, 0.3) is 0 Å². The first-order valence-corrected chi connectivity index (χ1v) is 11.0. The maximum atomic E-state index is 11.7. The van der Waals surface area contributed by atoms with Crippen molar-refractivity contribution >= 4 is 39.8 Å². The lowest BCUT2D eigenvalue weighted by Crippen LogP contribution is -2.38. The van der Waals surface area contributed by atoms with Crippen LogP contribution in [0, 0.1) is 20.8 Å². The number of rotatable bonds is 7. The maximum absolute atomic E-state index is 11.7. The highest BCUT2D eigenvalue weighted by Crippen LogP contribution is 2.22. The fraction of sp³-hybridized carbons (Fsp3) is 0.381. The summed E-state index contributed by atoms with van der Waals surface area (Å²) in [5, 5.41) is 6.44. The van der Waals surface area contributed by atoms with Crippen LogP contribution in [-0.2, 0) is 16.4 Å². The van der Waals surface area contributed by atoms with Gasteiger partial charge in [0.15, 0.2) is 15.8 Å². The van der Waals surface area contributed by atoms with Gasteiger partial charge in [0.1, 0.15) is 12.4 Å². The van der Waals surface area contributed by atoms with E-state index in [0.717, 1.165) is 28.0 Å². The molecule has 0 saturated heterocycles. The molecule has 0 unspecified atom stereocenters. The third-order valence-corrected chi connectivity index (χ3v) is 5.63. The summed E-state index contributed by atoms with van der Waals surface area (Å²) in [4.78, 5) is 4.57. The van der Waals surface area contributed by atoms with Gasteiger partial charge in [-0.2, -0.15) is 0 Å². The number of hydrogen-bond donors (Lipinski definition) is 2. The molecule has 2 aromatic rings. The zero-order valence-corrected chi connectivity index (χ0v) is 20.7. The molecule has 0 saturated carbocycles. The van der Waals surface area contributed by atoms with Crippen LogP contribution < -0.4 is 15.4 Å². The normalized spacial score (nSPS) is 11.6. The Hall–Kier alpha value is -1.81. The quantitative estimate of drug-likeness (QED) is 0.248. The Bertz CT molecular complexity index is 939. The van der Waals surface area contributed by atoms with Crippen molar-refractivity contribution in [2.24, 2.45) is 4.99 Å². The predicted octanol–water partition coefficient (Wildman–Crippen LogP) is 3.38. The lowest BCUT2D eigenvalue weighted by atomic mass is 10.1. The van der Waals surface area contributed by atoms with Crippen molar-refractivity contribution in [2.45, 2.75) is 32.2 Å². The molecule has 0 aliphatic carbocycles. The second-order valence-corrected chi connectivity index (χ2v) is 8.78. The summed E-state index contributed by atoms with van der Waals surface area (Å²) >= 11 is 0. The molecule has 0 aliphatic heterocycles. The summed E-state index contributed by atoms with van der Waals surface area (Å²) in [5.74, 6) is 1.59. The van der Waals surface area contributed by atoms with E-state index in [4.69, 9.17) is 4.74 Å². The number of nitrogens with one attached hydrogen (secondary N) is 2. The lowest BCUT2D eigenvalue weighted by molar-refractivity contribution is 0.317. The molecule has 160 valence electrons. The first kappa shape index (κ1) is 25.2. The molecule has 0 bridgehead atoms. The van der Waals surface area contributed by atoms with Crippen molar-refractivity contribution in [1.29, 1.82) is 0 Å². The Morgan fingerprint density at radius 3 is 2.24 bits per heavy atom. The monoisotopic (exact) mass is 531 g/mol. The van der Waals surface area contributed by atoms with Crippen molar-refractivity contribution in [3.8, 4) is 5.75 Å². The molecule has 0 atom stereocenters. The summed E-state index contributed by atoms with van der Waals surface area (Å²) in [6.07, 6.45) is 1.22. The molecule has 0 spiro atoms. The van der Waals surface area contributed by atoms with Gasteiger partial charge in [0.05, 0.1) is 11.4 Å². The van der Waals surface area contributed by atoms with Gasteiger partial charge in [-0.1, -0.05) is 30.3 Å². The van der Waals surface area contributed by atoms with E-state index in [1.807, 2.05) is 44.2 Å². The highest BCUT2D eigenvalue weighted by molar-refractivity contribution is 14.0. The van der Waals surface area contributed by atoms with Gasteiger partial charge in [-0.25, -0.2) is 8.42 Å². The van der Waals surface area contributed by atoms with Crippen molar-refractivity contribution in [2.75, 3.05) is 26.5 Å². The van der Waals surface area contributed by atoms with Crippen molar-refractivity contribution in [3.05, 3.63) is 58.7 Å². The SMILES string of the molecule is CN=C(NCCOc1c(C)cccc1C)NCc1ccc(S(C)(=O)=O)c(C)c1.I. The summed E-state index contributed by atoms with van der Waals surface area (Å²) in [6.45, 7) is 7.55. The molecule has 2 rings (SSSR count). The zero-order chi connectivity index (χ0) is 20.7. The topological polar surface area (TPSA) is 79.8 Å². The molecular weight excluding hydrogens is 501 g/mol. The highest BCUT2D eigenvalue weighted by atomic mass is 127. The van der Waals surface area contributed by atoms with Crippen LogP contribution >= 0.6 is 24.0 Å². The van der Waals surface area contributed by atoms with Crippen LogP contribution in [0.15, 0.2) is 46.3 Å². The van der Waals surface area contributed by atoms with Crippen LogP contribution in [-0.4, -0.2) is 40.8 Å². The minimum Gasteiger partial charge on any atom is -0.491 e. The molecule has 2 N–H and O–H groups in total. The van der Waals surface area contributed by atoms with Crippen LogP contribution in [0.25, 0.3) is 0 Å². The lowest BCUT2D eigenvalue weighted by Gasteiger charge is -2.15. The Morgan fingerprint density at radius 2 is 1.69 bits per heavy atom. The number of ether oxygens (including phenoxy) is 1. The molecule has 0 amide bonds. The van der Waals surface area contributed by atoms with Gasteiger partial charge in [-0.15, -0.1) is 24.0 Å². The molecule has 8 heteroatoms.